The highest BCUT2D eigenvalue weighted by Crippen LogP contribution is 2.02. The van der Waals surface area contributed by atoms with E-state index in [1.165, 1.54) is 6.92 Å². The van der Waals surface area contributed by atoms with Gasteiger partial charge < -0.3 is 5.11 Å². The largest absolute Gasteiger partial charge is 0.392 e. The summed E-state index contributed by atoms with van der Waals surface area (Å²) in [5, 5.41) is 8.87. The quantitative estimate of drug-likeness (QED) is 0.670. The maximum atomic E-state index is 11.2. The van der Waals surface area contributed by atoms with Crippen LogP contribution in [-0.4, -0.2) is 30.9 Å². The van der Waals surface area contributed by atoms with Gasteiger partial charge in [0.2, 0.25) is 10.0 Å². The fraction of sp³-hybridized carbons (Fsp3) is 1.00. The van der Waals surface area contributed by atoms with Crippen LogP contribution in [0, 0.1) is 0 Å². The van der Waals surface area contributed by atoms with Crippen molar-refractivity contribution in [1.82, 2.24) is 4.72 Å². The maximum absolute atomic E-state index is 11.2. The van der Waals surface area contributed by atoms with E-state index in [1.807, 2.05) is 0 Å². The van der Waals surface area contributed by atoms with E-state index in [0.29, 0.717) is 0 Å². The molecule has 2 N–H and O–H groups in total. The van der Waals surface area contributed by atoms with Crippen molar-refractivity contribution in [2.45, 2.75) is 39.3 Å². The summed E-state index contributed by atoms with van der Waals surface area (Å²) >= 11 is 0. The molecule has 0 saturated carbocycles. The van der Waals surface area contributed by atoms with Crippen molar-refractivity contribution in [3.8, 4) is 0 Å². The molecule has 4 nitrogen and oxygen atoms in total. The SMILES string of the molecule is CC(O)CS(=O)(=O)NC(C)(C)C. The van der Waals surface area contributed by atoms with Crippen LogP contribution >= 0.6 is 0 Å². The fourth-order valence-electron chi connectivity index (χ4n) is 0.826. The molecule has 0 aromatic carbocycles. The minimum absolute atomic E-state index is 0.246. The first-order chi connectivity index (χ1) is 5.12. The molecule has 0 radical (unpaired) electrons. The summed E-state index contributed by atoms with van der Waals surface area (Å²) in [6, 6.07) is 0. The van der Waals surface area contributed by atoms with Crippen LogP contribution in [0.25, 0.3) is 0 Å². The van der Waals surface area contributed by atoms with Gasteiger partial charge in [-0.2, -0.15) is 0 Å². The first kappa shape index (κ1) is 11.9. The van der Waals surface area contributed by atoms with Gasteiger partial charge in [-0.3, -0.25) is 0 Å². The number of rotatable bonds is 3. The summed E-state index contributed by atoms with van der Waals surface area (Å²) in [7, 11) is -3.34. The van der Waals surface area contributed by atoms with E-state index in [9.17, 15) is 8.42 Å². The Balaban J connectivity index is 4.26. The van der Waals surface area contributed by atoms with Gasteiger partial charge in [-0.15, -0.1) is 0 Å². The number of aliphatic hydroxyl groups excluding tert-OH is 1. The standard InChI is InChI=1S/C7H17NO3S/c1-6(9)5-12(10,11)8-7(2,3)4/h6,8-9H,5H2,1-4H3. The van der Waals surface area contributed by atoms with Gasteiger partial charge in [0.15, 0.2) is 0 Å². The molecule has 0 aliphatic carbocycles. The molecule has 0 fully saturated rings. The topological polar surface area (TPSA) is 66.4 Å². The molecular formula is C7H17NO3S. The van der Waals surface area contributed by atoms with Crippen LogP contribution in [0.5, 0.6) is 0 Å². The molecule has 0 aromatic rings. The lowest BCUT2D eigenvalue weighted by Crippen LogP contribution is -2.43. The second-order valence-electron chi connectivity index (χ2n) is 3.98. The third-order valence-corrected chi connectivity index (χ3v) is 2.77. The molecule has 0 aliphatic rings. The van der Waals surface area contributed by atoms with Gasteiger partial charge in [0.25, 0.3) is 0 Å². The predicted molar refractivity (Wildman–Crippen MR) is 48.4 cm³/mol. The van der Waals surface area contributed by atoms with Crippen molar-refractivity contribution in [1.29, 1.82) is 0 Å². The van der Waals surface area contributed by atoms with Crippen LogP contribution in [0.4, 0.5) is 0 Å². The zero-order valence-corrected chi connectivity index (χ0v) is 8.77. The molecule has 0 aromatic heterocycles. The van der Waals surface area contributed by atoms with Crippen molar-refractivity contribution in [3.05, 3.63) is 0 Å². The Bertz CT molecular complexity index is 226. The van der Waals surface area contributed by atoms with E-state index in [2.05, 4.69) is 4.72 Å². The highest BCUT2D eigenvalue weighted by atomic mass is 32.2. The monoisotopic (exact) mass is 195 g/mol. The normalized spacial score (nSPS) is 16.1. The Morgan fingerprint density at radius 2 is 1.83 bits per heavy atom. The molecule has 12 heavy (non-hydrogen) atoms. The molecule has 74 valence electrons. The first-order valence-corrected chi connectivity index (χ1v) is 5.47. The van der Waals surface area contributed by atoms with Crippen molar-refractivity contribution in [3.63, 3.8) is 0 Å². The molecule has 1 unspecified atom stereocenters. The average molecular weight is 195 g/mol. The Hall–Kier alpha value is -0.130. The highest BCUT2D eigenvalue weighted by molar-refractivity contribution is 7.89. The van der Waals surface area contributed by atoms with Crippen LogP contribution in [0.2, 0.25) is 0 Å². The van der Waals surface area contributed by atoms with E-state index in [0.717, 1.165) is 0 Å². The van der Waals surface area contributed by atoms with Gasteiger partial charge in [-0.25, -0.2) is 13.1 Å². The predicted octanol–water partition coefficient (Wildman–Crippen LogP) is 0.0851. The minimum atomic E-state index is -3.34. The fourth-order valence-corrected chi connectivity index (χ4v) is 2.48. The second-order valence-corrected chi connectivity index (χ2v) is 5.75. The Morgan fingerprint density at radius 3 is 2.08 bits per heavy atom. The highest BCUT2D eigenvalue weighted by Gasteiger charge is 2.21. The Morgan fingerprint density at radius 1 is 1.42 bits per heavy atom. The Kier molecular flexibility index (Phi) is 3.68. The van der Waals surface area contributed by atoms with Crippen molar-refractivity contribution in [2.24, 2.45) is 0 Å². The summed E-state index contributed by atoms with van der Waals surface area (Å²) < 4.78 is 24.8. The van der Waals surface area contributed by atoms with Gasteiger partial charge in [-0.1, -0.05) is 0 Å². The van der Waals surface area contributed by atoms with Crippen molar-refractivity contribution >= 4 is 10.0 Å². The molecule has 0 rings (SSSR count). The molecular weight excluding hydrogens is 178 g/mol. The molecule has 0 aliphatic heterocycles. The summed E-state index contributed by atoms with van der Waals surface area (Å²) in [5.41, 5.74) is -0.478. The minimum Gasteiger partial charge on any atom is -0.392 e. The van der Waals surface area contributed by atoms with Crippen LogP contribution in [0.15, 0.2) is 0 Å². The van der Waals surface area contributed by atoms with E-state index >= 15 is 0 Å². The molecule has 1 atom stereocenters. The third-order valence-electron chi connectivity index (χ3n) is 0.922. The maximum Gasteiger partial charge on any atom is 0.214 e. The molecule has 0 saturated heterocycles. The summed E-state index contributed by atoms with van der Waals surface area (Å²) in [5.74, 6) is -0.246. The zero-order valence-electron chi connectivity index (χ0n) is 7.96. The molecule has 5 heteroatoms. The summed E-state index contributed by atoms with van der Waals surface area (Å²) in [6.45, 7) is 6.72. The number of nitrogens with one attached hydrogen (secondary N) is 1. The van der Waals surface area contributed by atoms with Gasteiger partial charge in [-0.05, 0) is 27.7 Å². The molecule has 0 heterocycles. The van der Waals surface area contributed by atoms with Crippen LogP contribution < -0.4 is 4.72 Å². The number of sulfonamides is 1. The first-order valence-electron chi connectivity index (χ1n) is 3.82. The lowest BCUT2D eigenvalue weighted by molar-refractivity contribution is 0.217. The number of hydrogen-bond acceptors (Lipinski definition) is 3. The van der Waals surface area contributed by atoms with E-state index in [-0.39, 0.29) is 5.75 Å². The van der Waals surface area contributed by atoms with Crippen LogP contribution in [0.1, 0.15) is 27.7 Å². The Labute approximate surface area is 74.0 Å². The average Bonchev–Trinajstić information content (AvgIpc) is 1.48. The van der Waals surface area contributed by atoms with Gasteiger partial charge in [0.05, 0.1) is 11.9 Å². The number of aliphatic hydroxyl groups is 1. The number of hydrogen-bond donors (Lipinski definition) is 2. The van der Waals surface area contributed by atoms with Crippen molar-refractivity contribution < 1.29 is 13.5 Å². The lowest BCUT2D eigenvalue weighted by Gasteiger charge is -2.20. The van der Waals surface area contributed by atoms with Crippen molar-refractivity contribution in [2.75, 3.05) is 5.75 Å². The van der Waals surface area contributed by atoms with Gasteiger partial charge in [0, 0.05) is 5.54 Å². The zero-order chi connectivity index (χ0) is 9.99. The van der Waals surface area contributed by atoms with Gasteiger partial charge >= 0.3 is 0 Å². The summed E-state index contributed by atoms with van der Waals surface area (Å²) in [6.07, 6.45) is -0.829. The lowest BCUT2D eigenvalue weighted by atomic mass is 10.1. The molecule has 0 amide bonds. The smallest absolute Gasteiger partial charge is 0.214 e. The second kappa shape index (κ2) is 3.72. The third kappa shape index (κ3) is 6.57. The van der Waals surface area contributed by atoms with E-state index < -0.39 is 21.7 Å². The molecule has 0 spiro atoms. The van der Waals surface area contributed by atoms with Crippen LogP contribution in [0.3, 0.4) is 0 Å². The van der Waals surface area contributed by atoms with E-state index in [1.54, 1.807) is 20.8 Å². The summed E-state index contributed by atoms with van der Waals surface area (Å²) in [4.78, 5) is 0. The van der Waals surface area contributed by atoms with Crippen LogP contribution in [-0.2, 0) is 10.0 Å². The molecule has 0 bridgehead atoms. The van der Waals surface area contributed by atoms with E-state index in [4.69, 9.17) is 5.11 Å². The van der Waals surface area contributed by atoms with Gasteiger partial charge in [0.1, 0.15) is 0 Å².